The van der Waals surface area contributed by atoms with Crippen LogP contribution in [0.15, 0.2) is 22.8 Å². The fraction of sp³-hybridized carbons (Fsp3) is 0.667. The second-order valence-corrected chi connectivity index (χ2v) is 7.10. The Bertz CT molecular complexity index is 601. The fourth-order valence-corrected chi connectivity index (χ4v) is 3.70. The van der Waals surface area contributed by atoms with Gasteiger partial charge in [0.05, 0.1) is 19.0 Å². The molecule has 0 bridgehead atoms. The Morgan fingerprint density at radius 2 is 2.28 bits per heavy atom. The van der Waals surface area contributed by atoms with E-state index in [0.29, 0.717) is 25.5 Å². The van der Waals surface area contributed by atoms with Crippen molar-refractivity contribution in [1.29, 1.82) is 0 Å². The summed E-state index contributed by atoms with van der Waals surface area (Å²) in [6.07, 6.45) is 4.21. The third-order valence-corrected chi connectivity index (χ3v) is 5.12. The lowest BCUT2D eigenvalue weighted by Crippen LogP contribution is -2.58. The standard InChI is InChI=1S/C18H26N2O5/c1-19(2)16(21)11-23-13-18-7-4-10-25-15(18)6-8-20(12-18)17(22)14-5-3-9-24-14/h3,5,9,15H,4,6-8,10-13H2,1-2H3/t15-,18-/m0/s1. The number of hydrogen-bond acceptors (Lipinski definition) is 5. The molecule has 2 fully saturated rings. The van der Waals surface area contributed by atoms with Crippen LogP contribution in [0.25, 0.3) is 0 Å². The molecule has 25 heavy (non-hydrogen) atoms. The van der Waals surface area contributed by atoms with Crippen LogP contribution in [-0.2, 0) is 14.3 Å². The number of furan rings is 1. The normalized spacial score (nSPS) is 26.2. The molecule has 0 aromatic carbocycles. The number of carbonyl (C=O) groups is 2. The summed E-state index contributed by atoms with van der Waals surface area (Å²) in [6, 6.07) is 3.40. The molecule has 7 heteroatoms. The van der Waals surface area contributed by atoms with Crippen molar-refractivity contribution in [2.24, 2.45) is 5.41 Å². The number of hydrogen-bond donors (Lipinski definition) is 0. The lowest BCUT2D eigenvalue weighted by atomic mass is 9.73. The van der Waals surface area contributed by atoms with E-state index in [1.54, 1.807) is 26.2 Å². The van der Waals surface area contributed by atoms with Crippen LogP contribution >= 0.6 is 0 Å². The molecule has 1 aromatic rings. The van der Waals surface area contributed by atoms with E-state index in [9.17, 15) is 9.59 Å². The van der Waals surface area contributed by atoms with Crippen molar-refractivity contribution < 1.29 is 23.5 Å². The van der Waals surface area contributed by atoms with Crippen LogP contribution < -0.4 is 0 Å². The van der Waals surface area contributed by atoms with Gasteiger partial charge < -0.3 is 23.7 Å². The van der Waals surface area contributed by atoms with Crippen molar-refractivity contribution in [2.75, 3.05) is 47.0 Å². The van der Waals surface area contributed by atoms with E-state index in [-0.39, 0.29) is 29.9 Å². The Labute approximate surface area is 147 Å². The van der Waals surface area contributed by atoms with Crippen molar-refractivity contribution in [3.63, 3.8) is 0 Å². The highest BCUT2D eigenvalue weighted by Gasteiger charge is 2.47. The zero-order chi connectivity index (χ0) is 17.9. The van der Waals surface area contributed by atoms with E-state index < -0.39 is 0 Å². The first kappa shape index (κ1) is 17.9. The molecule has 0 spiro atoms. The topological polar surface area (TPSA) is 72.2 Å². The number of piperidine rings is 1. The van der Waals surface area contributed by atoms with Crippen LogP contribution in [0.5, 0.6) is 0 Å². The number of ether oxygens (including phenoxy) is 2. The largest absolute Gasteiger partial charge is 0.459 e. The Hall–Kier alpha value is -1.86. The third kappa shape index (κ3) is 3.88. The highest BCUT2D eigenvalue weighted by Crippen LogP contribution is 2.40. The Balaban J connectivity index is 1.68. The molecule has 0 N–H and O–H groups in total. The number of likely N-dealkylation sites (tertiary alicyclic amines) is 1. The van der Waals surface area contributed by atoms with Gasteiger partial charge in [0.15, 0.2) is 5.76 Å². The van der Waals surface area contributed by atoms with E-state index in [4.69, 9.17) is 13.9 Å². The minimum absolute atomic E-state index is 0.0492. The number of fused-ring (bicyclic) bond motifs is 1. The zero-order valence-electron chi connectivity index (χ0n) is 14.9. The summed E-state index contributed by atoms with van der Waals surface area (Å²) in [4.78, 5) is 27.7. The maximum absolute atomic E-state index is 12.6. The summed E-state index contributed by atoms with van der Waals surface area (Å²) in [5.41, 5.74) is -0.259. The maximum Gasteiger partial charge on any atom is 0.289 e. The van der Waals surface area contributed by atoms with Gasteiger partial charge in [0.25, 0.3) is 5.91 Å². The van der Waals surface area contributed by atoms with Gasteiger partial charge in [0, 0.05) is 39.2 Å². The van der Waals surface area contributed by atoms with Crippen LogP contribution in [0, 0.1) is 5.41 Å². The summed E-state index contributed by atoms with van der Waals surface area (Å²) in [7, 11) is 3.42. The molecule has 2 atom stereocenters. The van der Waals surface area contributed by atoms with Crippen LogP contribution in [0.3, 0.4) is 0 Å². The summed E-state index contributed by atoms with van der Waals surface area (Å²) < 4.78 is 17.0. The first-order chi connectivity index (χ1) is 12.0. The highest BCUT2D eigenvalue weighted by atomic mass is 16.5. The van der Waals surface area contributed by atoms with E-state index in [1.165, 1.54) is 11.2 Å². The van der Waals surface area contributed by atoms with Gasteiger partial charge in [-0.25, -0.2) is 0 Å². The lowest BCUT2D eigenvalue weighted by molar-refractivity contribution is -0.155. The fourth-order valence-electron chi connectivity index (χ4n) is 3.70. The van der Waals surface area contributed by atoms with Crippen LogP contribution in [0.2, 0.25) is 0 Å². The molecule has 0 unspecified atom stereocenters. The van der Waals surface area contributed by atoms with E-state index in [1.807, 2.05) is 4.90 Å². The lowest BCUT2D eigenvalue weighted by Gasteiger charge is -2.50. The van der Waals surface area contributed by atoms with E-state index in [2.05, 4.69) is 0 Å². The van der Waals surface area contributed by atoms with Gasteiger partial charge in [-0.1, -0.05) is 0 Å². The Kier molecular flexibility index (Phi) is 5.44. The Morgan fingerprint density at radius 3 is 3.00 bits per heavy atom. The molecule has 2 aliphatic rings. The summed E-state index contributed by atoms with van der Waals surface area (Å²) in [5.74, 6) is 0.191. The van der Waals surface area contributed by atoms with E-state index in [0.717, 1.165) is 25.9 Å². The van der Waals surface area contributed by atoms with Gasteiger partial charge in [0.1, 0.15) is 6.61 Å². The van der Waals surface area contributed by atoms with Crippen LogP contribution in [0.1, 0.15) is 29.8 Å². The molecule has 1 aromatic heterocycles. The van der Waals surface area contributed by atoms with Crippen molar-refractivity contribution >= 4 is 11.8 Å². The predicted molar refractivity (Wildman–Crippen MR) is 90.1 cm³/mol. The number of amides is 2. The molecule has 0 radical (unpaired) electrons. The number of carbonyl (C=O) groups excluding carboxylic acids is 2. The SMILES string of the molecule is CN(C)C(=O)COC[C@@]12CCCO[C@H]1CCN(C(=O)c1ccco1)C2. The number of likely N-dealkylation sites (N-methyl/N-ethyl adjacent to an activating group) is 1. The zero-order valence-corrected chi connectivity index (χ0v) is 14.9. The smallest absolute Gasteiger partial charge is 0.289 e. The second-order valence-electron chi connectivity index (χ2n) is 7.10. The molecule has 0 saturated carbocycles. The molecule has 0 aliphatic carbocycles. The molecule has 2 amide bonds. The number of nitrogens with zero attached hydrogens (tertiary/aromatic N) is 2. The van der Waals surface area contributed by atoms with Gasteiger partial charge in [-0.3, -0.25) is 9.59 Å². The second kappa shape index (κ2) is 7.58. The van der Waals surface area contributed by atoms with Gasteiger partial charge >= 0.3 is 0 Å². The highest BCUT2D eigenvalue weighted by molar-refractivity contribution is 5.91. The van der Waals surface area contributed by atoms with Crippen molar-refractivity contribution in [2.45, 2.75) is 25.4 Å². The first-order valence-corrected chi connectivity index (χ1v) is 8.74. The Morgan fingerprint density at radius 1 is 1.44 bits per heavy atom. The van der Waals surface area contributed by atoms with E-state index >= 15 is 0 Å². The minimum atomic E-state index is -0.259. The third-order valence-electron chi connectivity index (χ3n) is 5.12. The molecule has 3 rings (SSSR count). The number of rotatable bonds is 5. The molecule has 138 valence electrons. The van der Waals surface area contributed by atoms with Crippen molar-refractivity contribution in [3.05, 3.63) is 24.2 Å². The van der Waals surface area contributed by atoms with Gasteiger partial charge in [-0.2, -0.15) is 0 Å². The molecular weight excluding hydrogens is 324 g/mol. The van der Waals surface area contributed by atoms with Gasteiger partial charge in [0.2, 0.25) is 5.91 Å². The quantitative estimate of drug-likeness (QED) is 0.803. The predicted octanol–water partition coefficient (Wildman–Crippen LogP) is 1.40. The monoisotopic (exact) mass is 350 g/mol. The summed E-state index contributed by atoms with van der Waals surface area (Å²) in [6.45, 7) is 2.41. The average Bonchev–Trinajstić information content (AvgIpc) is 3.15. The van der Waals surface area contributed by atoms with Crippen LogP contribution in [-0.4, -0.2) is 74.7 Å². The molecule has 2 saturated heterocycles. The average molecular weight is 350 g/mol. The first-order valence-electron chi connectivity index (χ1n) is 8.74. The molecule has 3 heterocycles. The van der Waals surface area contributed by atoms with Crippen molar-refractivity contribution in [1.82, 2.24) is 9.80 Å². The van der Waals surface area contributed by atoms with Crippen molar-refractivity contribution in [3.8, 4) is 0 Å². The summed E-state index contributed by atoms with van der Waals surface area (Å²) >= 11 is 0. The molecule has 7 nitrogen and oxygen atoms in total. The maximum atomic E-state index is 12.6. The van der Waals surface area contributed by atoms with Gasteiger partial charge in [-0.05, 0) is 31.4 Å². The molecular formula is C18H26N2O5. The van der Waals surface area contributed by atoms with Gasteiger partial charge in [-0.15, -0.1) is 0 Å². The summed E-state index contributed by atoms with van der Waals surface area (Å²) in [5, 5.41) is 0. The minimum Gasteiger partial charge on any atom is -0.459 e. The molecule has 2 aliphatic heterocycles. The van der Waals surface area contributed by atoms with Crippen LogP contribution in [0.4, 0.5) is 0 Å².